The first-order chi connectivity index (χ1) is 13.0. The maximum absolute atomic E-state index is 14.1. The molecule has 2 aromatic rings. The summed E-state index contributed by atoms with van der Waals surface area (Å²) in [7, 11) is 2.11. The topological polar surface area (TPSA) is 26.8 Å². The molecule has 4 rings (SSSR count). The van der Waals surface area contributed by atoms with E-state index in [1.165, 1.54) is 12.1 Å². The van der Waals surface area contributed by atoms with Crippen molar-refractivity contribution in [3.8, 4) is 11.1 Å². The highest BCUT2D eigenvalue weighted by molar-refractivity contribution is 5.95. The van der Waals surface area contributed by atoms with Crippen LogP contribution in [0.15, 0.2) is 42.5 Å². The molecular formula is C21H23F2N3O. The lowest BCUT2D eigenvalue weighted by Gasteiger charge is -2.46. The average molecular weight is 371 g/mol. The summed E-state index contributed by atoms with van der Waals surface area (Å²) in [4.78, 5) is 19.7. The second-order valence-electron chi connectivity index (χ2n) is 7.41. The van der Waals surface area contributed by atoms with Gasteiger partial charge in [-0.05, 0) is 36.9 Å². The van der Waals surface area contributed by atoms with E-state index in [1.54, 1.807) is 24.3 Å². The fraction of sp³-hybridized carbons (Fsp3) is 0.381. The number of rotatable bonds is 2. The molecular weight excluding hydrogens is 348 g/mol. The zero-order valence-electron chi connectivity index (χ0n) is 15.4. The molecule has 4 nitrogen and oxygen atoms in total. The van der Waals surface area contributed by atoms with E-state index in [4.69, 9.17) is 0 Å². The molecule has 0 radical (unpaired) electrons. The smallest absolute Gasteiger partial charge is 0.253 e. The van der Waals surface area contributed by atoms with Gasteiger partial charge in [0.2, 0.25) is 0 Å². The third kappa shape index (κ3) is 3.73. The maximum atomic E-state index is 14.1. The lowest BCUT2D eigenvalue weighted by molar-refractivity contribution is 0.0190. The molecule has 0 N–H and O–H groups in total. The number of piperazine rings is 2. The molecule has 0 bridgehead atoms. The van der Waals surface area contributed by atoms with E-state index >= 15 is 0 Å². The molecule has 0 aromatic heterocycles. The Hall–Kier alpha value is -2.31. The first-order valence-electron chi connectivity index (χ1n) is 9.28. The number of hydrogen-bond donors (Lipinski definition) is 0. The SMILES string of the molecule is CN1CCN2CCN(C(=O)c3cccc(-c4ccc(F)cc4F)c3)C[C@@H]2C1. The molecule has 2 aliphatic rings. The Kier molecular flexibility index (Phi) is 4.93. The van der Waals surface area contributed by atoms with Crippen LogP contribution in [0.2, 0.25) is 0 Å². The number of nitrogens with zero attached hydrogens (tertiary/aromatic N) is 3. The number of likely N-dealkylation sites (N-methyl/N-ethyl adjacent to an activating group) is 1. The summed E-state index contributed by atoms with van der Waals surface area (Å²) in [5, 5.41) is 0. The summed E-state index contributed by atoms with van der Waals surface area (Å²) >= 11 is 0. The van der Waals surface area contributed by atoms with Crippen LogP contribution in [0.25, 0.3) is 11.1 Å². The van der Waals surface area contributed by atoms with Gasteiger partial charge in [0.15, 0.2) is 0 Å². The van der Waals surface area contributed by atoms with Crippen molar-refractivity contribution in [3.63, 3.8) is 0 Å². The van der Waals surface area contributed by atoms with Gasteiger partial charge in [0.05, 0.1) is 0 Å². The first kappa shape index (κ1) is 18.1. The Morgan fingerprint density at radius 3 is 2.63 bits per heavy atom. The number of benzene rings is 2. The van der Waals surface area contributed by atoms with E-state index in [0.717, 1.165) is 32.2 Å². The summed E-state index contributed by atoms with van der Waals surface area (Å²) in [5.41, 5.74) is 1.41. The summed E-state index contributed by atoms with van der Waals surface area (Å²) < 4.78 is 27.3. The largest absolute Gasteiger partial charge is 0.336 e. The first-order valence-corrected chi connectivity index (χ1v) is 9.28. The summed E-state index contributed by atoms with van der Waals surface area (Å²) in [6.07, 6.45) is 0. The van der Waals surface area contributed by atoms with E-state index in [2.05, 4.69) is 16.8 Å². The molecule has 1 atom stereocenters. The lowest BCUT2D eigenvalue weighted by atomic mass is 10.0. The van der Waals surface area contributed by atoms with Crippen molar-refractivity contribution in [2.24, 2.45) is 0 Å². The number of halogens is 2. The van der Waals surface area contributed by atoms with Crippen molar-refractivity contribution < 1.29 is 13.6 Å². The Morgan fingerprint density at radius 1 is 1.00 bits per heavy atom. The van der Waals surface area contributed by atoms with Gasteiger partial charge in [-0.25, -0.2) is 8.78 Å². The highest BCUT2D eigenvalue weighted by Gasteiger charge is 2.33. The number of hydrogen-bond acceptors (Lipinski definition) is 3. The molecule has 2 saturated heterocycles. The van der Waals surface area contributed by atoms with Crippen LogP contribution >= 0.6 is 0 Å². The minimum atomic E-state index is -0.626. The van der Waals surface area contributed by atoms with E-state index in [0.29, 0.717) is 35.8 Å². The molecule has 27 heavy (non-hydrogen) atoms. The molecule has 2 aromatic carbocycles. The number of carbonyl (C=O) groups is 1. The van der Waals surface area contributed by atoms with Gasteiger partial charge in [0.25, 0.3) is 5.91 Å². The van der Waals surface area contributed by atoms with Crippen molar-refractivity contribution in [3.05, 3.63) is 59.7 Å². The highest BCUT2D eigenvalue weighted by atomic mass is 19.1. The lowest BCUT2D eigenvalue weighted by Crippen LogP contribution is -2.62. The minimum absolute atomic E-state index is 0.0350. The van der Waals surface area contributed by atoms with E-state index < -0.39 is 11.6 Å². The van der Waals surface area contributed by atoms with Crippen LogP contribution in [0.1, 0.15) is 10.4 Å². The number of carbonyl (C=O) groups excluding carboxylic acids is 1. The van der Waals surface area contributed by atoms with E-state index in [9.17, 15) is 13.6 Å². The van der Waals surface area contributed by atoms with Crippen LogP contribution in [0.3, 0.4) is 0 Å². The summed E-state index contributed by atoms with van der Waals surface area (Å²) in [6, 6.07) is 10.8. The molecule has 142 valence electrons. The van der Waals surface area contributed by atoms with Gasteiger partial charge in [-0.3, -0.25) is 9.69 Å². The predicted molar refractivity (Wildman–Crippen MR) is 101 cm³/mol. The third-order valence-electron chi connectivity index (χ3n) is 5.53. The van der Waals surface area contributed by atoms with Crippen LogP contribution < -0.4 is 0 Å². The molecule has 2 heterocycles. The van der Waals surface area contributed by atoms with Crippen LogP contribution in [0, 0.1) is 11.6 Å². The fourth-order valence-corrected chi connectivity index (χ4v) is 4.02. The zero-order chi connectivity index (χ0) is 19.0. The van der Waals surface area contributed by atoms with E-state index in [-0.39, 0.29) is 5.91 Å². The fourth-order valence-electron chi connectivity index (χ4n) is 4.02. The van der Waals surface area contributed by atoms with Crippen LogP contribution in [0.5, 0.6) is 0 Å². The summed E-state index contributed by atoms with van der Waals surface area (Å²) in [5.74, 6) is -1.27. The predicted octanol–water partition coefficient (Wildman–Crippen LogP) is 2.70. The minimum Gasteiger partial charge on any atom is -0.336 e. The van der Waals surface area contributed by atoms with Crippen molar-refractivity contribution in [2.75, 3.05) is 46.3 Å². The Bertz CT molecular complexity index is 857. The van der Waals surface area contributed by atoms with Gasteiger partial charge in [-0.2, -0.15) is 0 Å². The van der Waals surface area contributed by atoms with Crippen molar-refractivity contribution in [1.29, 1.82) is 0 Å². The Balaban J connectivity index is 1.54. The Labute approximate surface area is 158 Å². The van der Waals surface area contributed by atoms with Gasteiger partial charge in [-0.1, -0.05) is 12.1 Å². The van der Waals surface area contributed by atoms with Crippen LogP contribution in [-0.4, -0.2) is 73.0 Å². The summed E-state index contributed by atoms with van der Waals surface area (Å²) in [6.45, 7) is 5.37. The standard InChI is InChI=1S/C21H23F2N3O/c1-24-7-8-25-9-10-26(14-18(25)13-24)21(27)16-4-2-3-15(11-16)19-6-5-17(22)12-20(19)23/h2-6,11-12,18H,7-10,13-14H2,1H3/t18-/m0/s1. The Morgan fingerprint density at radius 2 is 1.81 bits per heavy atom. The number of fused-ring (bicyclic) bond motifs is 1. The third-order valence-corrected chi connectivity index (χ3v) is 5.53. The van der Waals surface area contributed by atoms with Gasteiger partial charge in [0, 0.05) is 62.5 Å². The van der Waals surface area contributed by atoms with Gasteiger partial charge >= 0.3 is 0 Å². The monoisotopic (exact) mass is 371 g/mol. The molecule has 0 saturated carbocycles. The molecule has 2 fully saturated rings. The normalized spacial score (nSPS) is 21.1. The molecule has 0 spiro atoms. The second-order valence-corrected chi connectivity index (χ2v) is 7.41. The molecule has 0 aliphatic carbocycles. The van der Waals surface area contributed by atoms with Gasteiger partial charge < -0.3 is 9.80 Å². The maximum Gasteiger partial charge on any atom is 0.253 e. The van der Waals surface area contributed by atoms with Gasteiger partial charge in [-0.15, -0.1) is 0 Å². The molecule has 2 aliphatic heterocycles. The number of amides is 1. The van der Waals surface area contributed by atoms with Gasteiger partial charge in [0.1, 0.15) is 11.6 Å². The molecule has 0 unspecified atom stereocenters. The van der Waals surface area contributed by atoms with Crippen molar-refractivity contribution in [1.82, 2.24) is 14.7 Å². The van der Waals surface area contributed by atoms with Crippen LogP contribution in [0.4, 0.5) is 8.78 Å². The average Bonchev–Trinajstić information content (AvgIpc) is 2.67. The van der Waals surface area contributed by atoms with Crippen molar-refractivity contribution >= 4 is 5.91 Å². The second kappa shape index (κ2) is 7.37. The zero-order valence-corrected chi connectivity index (χ0v) is 15.4. The van der Waals surface area contributed by atoms with E-state index in [1.807, 2.05) is 4.90 Å². The van der Waals surface area contributed by atoms with Crippen LogP contribution in [-0.2, 0) is 0 Å². The quantitative estimate of drug-likeness (QED) is 0.812. The molecule has 1 amide bonds. The highest BCUT2D eigenvalue weighted by Crippen LogP contribution is 2.25. The van der Waals surface area contributed by atoms with Crippen molar-refractivity contribution in [2.45, 2.75) is 6.04 Å². The molecule has 6 heteroatoms.